The average molecular weight is 324 g/mol. The lowest BCUT2D eigenvalue weighted by molar-refractivity contribution is -0.115. The Morgan fingerprint density at radius 2 is 1.79 bits per heavy atom. The molecule has 124 valence electrons. The van der Waals surface area contributed by atoms with Gasteiger partial charge in [-0.05, 0) is 51.0 Å². The van der Waals surface area contributed by atoms with E-state index in [1.165, 1.54) is 0 Å². The maximum absolute atomic E-state index is 12.4. The second-order valence-corrected chi connectivity index (χ2v) is 6.04. The van der Waals surface area contributed by atoms with Crippen molar-refractivity contribution in [1.29, 1.82) is 0 Å². The third-order valence-corrected chi connectivity index (χ3v) is 3.91. The van der Waals surface area contributed by atoms with Gasteiger partial charge in [0.05, 0.1) is 6.42 Å². The number of nitrogens with two attached hydrogens (primary N) is 1. The molecule has 24 heavy (non-hydrogen) atoms. The van der Waals surface area contributed by atoms with E-state index in [0.717, 1.165) is 33.8 Å². The standard InChI is InChI=1S/C17H20N6O/c1-9-5-10(2)7-13(6-9)20-15(24)8-14-11(3)19-17-21-16(18)22-23(17)12(14)4/h5-7H,8H2,1-4H3,(H2,18,22)(H,20,24). The van der Waals surface area contributed by atoms with Crippen LogP contribution in [0.2, 0.25) is 0 Å². The highest BCUT2D eigenvalue weighted by molar-refractivity contribution is 5.92. The van der Waals surface area contributed by atoms with E-state index in [9.17, 15) is 4.79 Å². The molecule has 0 fully saturated rings. The molecule has 0 radical (unpaired) electrons. The van der Waals surface area contributed by atoms with E-state index in [-0.39, 0.29) is 18.3 Å². The number of anilines is 2. The average Bonchev–Trinajstić information content (AvgIpc) is 2.83. The third-order valence-electron chi connectivity index (χ3n) is 3.91. The summed E-state index contributed by atoms with van der Waals surface area (Å²) in [4.78, 5) is 20.9. The highest BCUT2D eigenvalue weighted by Gasteiger charge is 2.15. The minimum atomic E-state index is -0.0968. The molecule has 3 rings (SSSR count). The number of benzene rings is 1. The van der Waals surface area contributed by atoms with Crippen molar-refractivity contribution in [3.8, 4) is 0 Å². The number of carbonyl (C=O) groups excluding carboxylic acids is 1. The molecule has 0 unspecified atom stereocenters. The first-order chi connectivity index (χ1) is 11.3. The number of aryl methyl sites for hydroxylation is 4. The lowest BCUT2D eigenvalue weighted by Crippen LogP contribution is -2.18. The molecule has 0 aliphatic carbocycles. The van der Waals surface area contributed by atoms with Crippen LogP contribution in [-0.2, 0) is 11.2 Å². The van der Waals surface area contributed by atoms with Gasteiger partial charge in [0.2, 0.25) is 11.9 Å². The fourth-order valence-electron chi connectivity index (χ4n) is 2.89. The first-order valence-corrected chi connectivity index (χ1v) is 7.70. The normalized spacial score (nSPS) is 11.0. The zero-order chi connectivity index (χ0) is 17.4. The summed E-state index contributed by atoms with van der Waals surface area (Å²) in [6.45, 7) is 7.75. The molecule has 1 aromatic carbocycles. The lowest BCUT2D eigenvalue weighted by atomic mass is 10.1. The van der Waals surface area contributed by atoms with Gasteiger partial charge in [0.25, 0.3) is 5.78 Å². The van der Waals surface area contributed by atoms with Gasteiger partial charge in [-0.15, -0.1) is 5.10 Å². The molecule has 0 spiro atoms. The Morgan fingerprint density at radius 3 is 2.46 bits per heavy atom. The lowest BCUT2D eigenvalue weighted by Gasteiger charge is -2.11. The smallest absolute Gasteiger partial charge is 0.254 e. The first-order valence-electron chi connectivity index (χ1n) is 7.70. The van der Waals surface area contributed by atoms with Crippen LogP contribution in [0.1, 0.15) is 28.1 Å². The van der Waals surface area contributed by atoms with Crippen LogP contribution in [0.3, 0.4) is 0 Å². The topological polar surface area (TPSA) is 98.2 Å². The summed E-state index contributed by atoms with van der Waals surface area (Å²) < 4.78 is 1.57. The third kappa shape index (κ3) is 3.05. The van der Waals surface area contributed by atoms with Crippen LogP contribution in [0.4, 0.5) is 11.6 Å². The van der Waals surface area contributed by atoms with Gasteiger partial charge in [-0.1, -0.05) is 6.07 Å². The van der Waals surface area contributed by atoms with Crippen LogP contribution in [0, 0.1) is 27.7 Å². The Labute approximate surface area is 139 Å². The number of nitrogens with zero attached hydrogens (tertiary/aromatic N) is 4. The SMILES string of the molecule is Cc1cc(C)cc(NC(=O)Cc2c(C)nc3nc(N)nn3c2C)c1. The van der Waals surface area contributed by atoms with E-state index in [1.807, 2.05) is 39.8 Å². The highest BCUT2D eigenvalue weighted by atomic mass is 16.1. The molecule has 2 heterocycles. The quantitative estimate of drug-likeness (QED) is 0.769. The van der Waals surface area contributed by atoms with Gasteiger partial charge in [-0.3, -0.25) is 4.79 Å². The van der Waals surface area contributed by atoms with Crippen molar-refractivity contribution < 1.29 is 4.79 Å². The number of hydrogen-bond acceptors (Lipinski definition) is 5. The number of fused-ring (bicyclic) bond motifs is 1. The summed E-state index contributed by atoms with van der Waals surface area (Å²) in [5.74, 6) is 0.517. The summed E-state index contributed by atoms with van der Waals surface area (Å²) >= 11 is 0. The molecular formula is C17H20N6O. The van der Waals surface area contributed by atoms with Gasteiger partial charge >= 0.3 is 0 Å². The van der Waals surface area contributed by atoms with Crippen molar-refractivity contribution in [3.05, 3.63) is 46.3 Å². The van der Waals surface area contributed by atoms with E-state index in [4.69, 9.17) is 5.73 Å². The molecule has 3 aromatic rings. The van der Waals surface area contributed by atoms with E-state index in [0.29, 0.717) is 5.78 Å². The minimum Gasteiger partial charge on any atom is -0.366 e. The second-order valence-electron chi connectivity index (χ2n) is 6.04. The predicted octanol–water partition coefficient (Wildman–Crippen LogP) is 2.12. The van der Waals surface area contributed by atoms with Crippen molar-refractivity contribution >= 4 is 23.3 Å². The largest absolute Gasteiger partial charge is 0.366 e. The van der Waals surface area contributed by atoms with Gasteiger partial charge < -0.3 is 11.1 Å². The Kier molecular flexibility index (Phi) is 3.92. The number of carbonyl (C=O) groups is 1. The van der Waals surface area contributed by atoms with E-state index in [2.05, 4.69) is 26.4 Å². The Morgan fingerprint density at radius 1 is 1.12 bits per heavy atom. The minimum absolute atomic E-state index is 0.0968. The number of rotatable bonds is 3. The maximum Gasteiger partial charge on any atom is 0.254 e. The molecule has 7 nitrogen and oxygen atoms in total. The Bertz CT molecular complexity index is 924. The van der Waals surface area contributed by atoms with Crippen LogP contribution >= 0.6 is 0 Å². The van der Waals surface area contributed by atoms with Crippen LogP contribution in [-0.4, -0.2) is 25.5 Å². The van der Waals surface area contributed by atoms with Crippen molar-refractivity contribution in [2.75, 3.05) is 11.1 Å². The summed E-state index contributed by atoms with van der Waals surface area (Å²) in [6, 6.07) is 5.96. The molecular weight excluding hydrogens is 304 g/mol. The summed E-state index contributed by atoms with van der Waals surface area (Å²) in [7, 11) is 0. The second kappa shape index (κ2) is 5.92. The summed E-state index contributed by atoms with van der Waals surface area (Å²) in [6.07, 6.45) is 0.216. The number of amides is 1. The van der Waals surface area contributed by atoms with Crippen molar-refractivity contribution in [3.63, 3.8) is 0 Å². The number of nitrogen functional groups attached to an aromatic ring is 1. The van der Waals surface area contributed by atoms with Gasteiger partial charge in [-0.2, -0.15) is 9.50 Å². The van der Waals surface area contributed by atoms with Gasteiger partial charge in [0, 0.05) is 22.6 Å². The van der Waals surface area contributed by atoms with Gasteiger partial charge in [-0.25, -0.2) is 4.98 Å². The Balaban J connectivity index is 1.87. The molecule has 0 bridgehead atoms. The highest BCUT2D eigenvalue weighted by Crippen LogP contribution is 2.17. The molecule has 0 atom stereocenters. The van der Waals surface area contributed by atoms with Crippen molar-refractivity contribution in [1.82, 2.24) is 19.6 Å². The fraction of sp³-hybridized carbons (Fsp3) is 0.294. The predicted molar refractivity (Wildman–Crippen MR) is 92.9 cm³/mol. The molecule has 0 saturated carbocycles. The zero-order valence-corrected chi connectivity index (χ0v) is 14.2. The molecule has 2 aromatic heterocycles. The molecule has 1 amide bonds. The summed E-state index contributed by atoms with van der Waals surface area (Å²) in [5, 5.41) is 7.06. The monoisotopic (exact) mass is 324 g/mol. The number of hydrogen-bond donors (Lipinski definition) is 2. The molecule has 0 aliphatic rings. The van der Waals surface area contributed by atoms with Gasteiger partial charge in [0.15, 0.2) is 0 Å². The van der Waals surface area contributed by atoms with E-state index >= 15 is 0 Å². The van der Waals surface area contributed by atoms with Crippen molar-refractivity contribution in [2.45, 2.75) is 34.1 Å². The maximum atomic E-state index is 12.4. The van der Waals surface area contributed by atoms with Crippen LogP contribution in [0.15, 0.2) is 18.2 Å². The molecule has 0 saturated heterocycles. The van der Waals surface area contributed by atoms with Crippen LogP contribution in [0.25, 0.3) is 5.78 Å². The molecule has 7 heteroatoms. The molecule has 0 aliphatic heterocycles. The van der Waals surface area contributed by atoms with E-state index in [1.54, 1.807) is 4.52 Å². The van der Waals surface area contributed by atoms with Crippen LogP contribution < -0.4 is 11.1 Å². The zero-order valence-electron chi connectivity index (χ0n) is 14.2. The summed E-state index contributed by atoms with van der Waals surface area (Å²) in [5.41, 5.74) is 11.0. The van der Waals surface area contributed by atoms with Crippen molar-refractivity contribution in [2.24, 2.45) is 0 Å². The first kappa shape index (κ1) is 15.9. The number of nitrogens with one attached hydrogen (secondary N) is 1. The van der Waals surface area contributed by atoms with Crippen LogP contribution in [0.5, 0.6) is 0 Å². The fourth-order valence-corrected chi connectivity index (χ4v) is 2.89. The Hall–Kier alpha value is -2.96. The molecule has 3 N–H and O–H groups in total. The van der Waals surface area contributed by atoms with E-state index < -0.39 is 0 Å². The number of aromatic nitrogens is 4. The van der Waals surface area contributed by atoms with Gasteiger partial charge in [0.1, 0.15) is 0 Å².